The highest BCUT2D eigenvalue weighted by atomic mass is 32.2. The Morgan fingerprint density at radius 2 is 2.05 bits per heavy atom. The highest BCUT2D eigenvalue weighted by Crippen LogP contribution is 2.16. The Kier molecular flexibility index (Phi) is 4.62. The quantitative estimate of drug-likeness (QED) is 0.582. The van der Waals surface area contributed by atoms with E-state index >= 15 is 0 Å². The molecule has 0 bridgehead atoms. The predicted octanol–water partition coefficient (Wildman–Crippen LogP) is -0.766. The van der Waals surface area contributed by atoms with Crippen LogP contribution in [0.15, 0.2) is 29.2 Å². The first kappa shape index (κ1) is 15.9. The lowest BCUT2D eigenvalue weighted by molar-refractivity contribution is -0.123. The van der Waals surface area contributed by atoms with E-state index in [4.69, 9.17) is 5.14 Å². The predicted molar refractivity (Wildman–Crippen MR) is 76.8 cm³/mol. The third-order valence-corrected chi connectivity index (χ3v) is 4.42. The van der Waals surface area contributed by atoms with Gasteiger partial charge in [-0.1, -0.05) is 12.1 Å². The number of rotatable bonds is 4. The van der Waals surface area contributed by atoms with Crippen LogP contribution in [0.5, 0.6) is 0 Å². The van der Waals surface area contributed by atoms with E-state index in [-0.39, 0.29) is 16.8 Å². The van der Waals surface area contributed by atoms with E-state index in [9.17, 15) is 18.3 Å². The average molecular weight is 313 g/mol. The van der Waals surface area contributed by atoms with Gasteiger partial charge in [0.15, 0.2) is 0 Å². The topological polar surface area (TPSA) is 122 Å². The van der Waals surface area contributed by atoms with Gasteiger partial charge in [0.2, 0.25) is 15.9 Å². The first-order valence-electron chi connectivity index (χ1n) is 6.62. The molecule has 116 valence electrons. The van der Waals surface area contributed by atoms with Crippen LogP contribution in [0.25, 0.3) is 0 Å². The normalized spacial score (nSPS) is 23.8. The van der Waals surface area contributed by atoms with Gasteiger partial charge < -0.3 is 15.7 Å². The summed E-state index contributed by atoms with van der Waals surface area (Å²) in [6.45, 7) is 2.21. The molecule has 3 unspecified atom stereocenters. The van der Waals surface area contributed by atoms with E-state index < -0.39 is 22.2 Å². The fourth-order valence-electron chi connectivity index (χ4n) is 2.26. The molecule has 0 aromatic heterocycles. The van der Waals surface area contributed by atoms with Crippen molar-refractivity contribution >= 4 is 15.9 Å². The number of aliphatic hydroxyl groups is 1. The summed E-state index contributed by atoms with van der Waals surface area (Å²) in [5.74, 6) is -0.186. The minimum atomic E-state index is -3.71. The largest absolute Gasteiger partial charge is 0.392 e. The molecule has 2 rings (SSSR count). The van der Waals surface area contributed by atoms with Crippen LogP contribution in [0, 0.1) is 0 Å². The number of carbonyl (C=O) groups excluding carboxylic acids is 1. The van der Waals surface area contributed by atoms with Gasteiger partial charge in [0.1, 0.15) is 0 Å². The van der Waals surface area contributed by atoms with Crippen LogP contribution in [-0.2, 0) is 14.8 Å². The van der Waals surface area contributed by atoms with Gasteiger partial charge in [-0.2, -0.15) is 0 Å². The Morgan fingerprint density at radius 1 is 1.43 bits per heavy atom. The number of nitrogens with two attached hydrogens (primary N) is 1. The lowest BCUT2D eigenvalue weighted by atomic mass is 10.1. The molecular weight excluding hydrogens is 294 g/mol. The standard InChI is InChI=1S/C13H19N3O4S/c1-8(16-13(18)12-6-10(17)7-15-12)9-2-4-11(5-3-9)21(14,19)20/h2-5,8,10,12,15,17H,6-7H2,1H3,(H,16,18)(H2,14,19,20). The maximum Gasteiger partial charge on any atom is 0.238 e. The molecule has 1 aromatic rings. The van der Waals surface area contributed by atoms with Crippen LogP contribution in [0.2, 0.25) is 0 Å². The van der Waals surface area contributed by atoms with Crippen molar-refractivity contribution in [2.75, 3.05) is 6.54 Å². The monoisotopic (exact) mass is 313 g/mol. The van der Waals surface area contributed by atoms with Crippen LogP contribution >= 0.6 is 0 Å². The lowest BCUT2D eigenvalue weighted by Crippen LogP contribution is -2.41. The Morgan fingerprint density at radius 3 is 2.52 bits per heavy atom. The highest BCUT2D eigenvalue weighted by Gasteiger charge is 2.28. The summed E-state index contributed by atoms with van der Waals surface area (Å²) in [6.07, 6.45) is -0.104. The van der Waals surface area contributed by atoms with Gasteiger partial charge in [-0.25, -0.2) is 13.6 Å². The molecule has 0 radical (unpaired) electrons. The zero-order valence-electron chi connectivity index (χ0n) is 11.6. The summed E-state index contributed by atoms with van der Waals surface area (Å²) in [7, 11) is -3.71. The molecule has 21 heavy (non-hydrogen) atoms. The van der Waals surface area contributed by atoms with Gasteiger partial charge in [0.05, 0.1) is 23.1 Å². The Balaban J connectivity index is 2.00. The fourth-order valence-corrected chi connectivity index (χ4v) is 2.78. The second-order valence-corrected chi connectivity index (χ2v) is 6.76. The van der Waals surface area contributed by atoms with Crippen molar-refractivity contribution in [1.82, 2.24) is 10.6 Å². The van der Waals surface area contributed by atoms with Gasteiger partial charge in [0, 0.05) is 6.54 Å². The molecule has 7 nitrogen and oxygen atoms in total. The van der Waals surface area contributed by atoms with Crippen molar-refractivity contribution in [3.63, 3.8) is 0 Å². The minimum Gasteiger partial charge on any atom is -0.392 e. The molecule has 1 aromatic carbocycles. The molecule has 1 aliphatic heterocycles. The summed E-state index contributed by atoms with van der Waals surface area (Å²) < 4.78 is 22.3. The van der Waals surface area contributed by atoms with Crippen molar-refractivity contribution in [1.29, 1.82) is 0 Å². The molecule has 1 heterocycles. The zero-order chi connectivity index (χ0) is 15.6. The second kappa shape index (κ2) is 6.10. The van der Waals surface area contributed by atoms with Gasteiger partial charge >= 0.3 is 0 Å². The highest BCUT2D eigenvalue weighted by molar-refractivity contribution is 7.89. The Hall–Kier alpha value is -1.48. The molecule has 1 aliphatic rings. The maximum atomic E-state index is 12.0. The van der Waals surface area contributed by atoms with Crippen LogP contribution in [0.4, 0.5) is 0 Å². The summed E-state index contributed by atoms with van der Waals surface area (Å²) >= 11 is 0. The van der Waals surface area contributed by atoms with Crippen LogP contribution in [0.3, 0.4) is 0 Å². The van der Waals surface area contributed by atoms with E-state index in [0.717, 1.165) is 5.56 Å². The van der Waals surface area contributed by atoms with Crippen molar-refractivity contribution in [3.8, 4) is 0 Å². The molecule has 3 atom stereocenters. The number of carbonyl (C=O) groups is 1. The number of nitrogens with one attached hydrogen (secondary N) is 2. The molecule has 1 amide bonds. The van der Waals surface area contributed by atoms with Gasteiger partial charge in [-0.05, 0) is 31.0 Å². The maximum absolute atomic E-state index is 12.0. The number of hydrogen-bond acceptors (Lipinski definition) is 5. The molecule has 5 N–H and O–H groups in total. The molecule has 1 fully saturated rings. The van der Waals surface area contributed by atoms with Crippen molar-refractivity contribution < 1.29 is 18.3 Å². The molecule has 1 saturated heterocycles. The van der Waals surface area contributed by atoms with Crippen molar-refractivity contribution in [2.45, 2.75) is 36.4 Å². The Bertz CT molecular complexity index is 615. The first-order valence-corrected chi connectivity index (χ1v) is 8.16. The molecular formula is C13H19N3O4S. The number of aliphatic hydroxyl groups excluding tert-OH is 1. The average Bonchev–Trinajstić information content (AvgIpc) is 2.84. The Labute approximate surface area is 123 Å². The number of sulfonamides is 1. The van der Waals surface area contributed by atoms with Crippen LogP contribution in [-0.4, -0.2) is 38.1 Å². The fraction of sp³-hybridized carbons (Fsp3) is 0.462. The molecule has 0 aliphatic carbocycles. The first-order chi connectivity index (χ1) is 9.77. The zero-order valence-corrected chi connectivity index (χ0v) is 12.4. The van der Waals surface area contributed by atoms with Crippen molar-refractivity contribution in [3.05, 3.63) is 29.8 Å². The van der Waals surface area contributed by atoms with Gasteiger partial charge in [0.25, 0.3) is 0 Å². The van der Waals surface area contributed by atoms with E-state index in [1.807, 2.05) is 0 Å². The minimum absolute atomic E-state index is 0.0327. The number of β-amino-alcohol motifs (C(OH)–C–C–N with tert-alkyl or cyclic N) is 1. The van der Waals surface area contributed by atoms with E-state index in [2.05, 4.69) is 10.6 Å². The number of amides is 1. The summed E-state index contributed by atoms with van der Waals surface area (Å²) in [4.78, 5) is 12.0. The third-order valence-electron chi connectivity index (χ3n) is 3.49. The van der Waals surface area contributed by atoms with E-state index in [1.54, 1.807) is 19.1 Å². The number of primary sulfonamides is 1. The van der Waals surface area contributed by atoms with E-state index in [0.29, 0.717) is 13.0 Å². The number of benzene rings is 1. The third kappa shape index (κ3) is 4.01. The lowest BCUT2D eigenvalue weighted by Gasteiger charge is -2.17. The smallest absolute Gasteiger partial charge is 0.238 e. The van der Waals surface area contributed by atoms with Crippen molar-refractivity contribution in [2.24, 2.45) is 5.14 Å². The van der Waals surface area contributed by atoms with Crippen LogP contribution < -0.4 is 15.8 Å². The SMILES string of the molecule is CC(NC(=O)C1CC(O)CN1)c1ccc(S(N)(=O)=O)cc1. The van der Waals surface area contributed by atoms with E-state index in [1.165, 1.54) is 12.1 Å². The molecule has 0 saturated carbocycles. The number of hydrogen-bond donors (Lipinski definition) is 4. The molecule has 8 heteroatoms. The van der Waals surface area contributed by atoms with Crippen LogP contribution in [0.1, 0.15) is 24.9 Å². The van der Waals surface area contributed by atoms with Gasteiger partial charge in [-0.3, -0.25) is 4.79 Å². The summed E-state index contributed by atoms with van der Waals surface area (Å²) in [5.41, 5.74) is 0.772. The van der Waals surface area contributed by atoms with Gasteiger partial charge in [-0.15, -0.1) is 0 Å². The molecule has 0 spiro atoms. The summed E-state index contributed by atoms with van der Waals surface area (Å²) in [6, 6.07) is 5.37. The second-order valence-electron chi connectivity index (χ2n) is 5.19. The summed E-state index contributed by atoms with van der Waals surface area (Å²) in [5, 5.41) is 20.2.